The highest BCUT2D eigenvalue weighted by Crippen LogP contribution is 2.29. The van der Waals surface area contributed by atoms with Crippen molar-refractivity contribution in [1.82, 2.24) is 4.90 Å². The maximum atomic E-state index is 13.9. The number of benzene rings is 2. The van der Waals surface area contributed by atoms with Gasteiger partial charge in [-0.05, 0) is 49.2 Å². The number of nitrogens with two attached hydrogens (primary N) is 1. The number of nitrogens with zero attached hydrogens (tertiary/aromatic N) is 3. The normalized spacial score (nSPS) is 16.6. The van der Waals surface area contributed by atoms with Gasteiger partial charge in [0.25, 0.3) is 0 Å². The van der Waals surface area contributed by atoms with Gasteiger partial charge in [-0.1, -0.05) is 17.8 Å². The second-order valence-corrected chi connectivity index (χ2v) is 8.83. The Labute approximate surface area is 207 Å². The maximum Gasteiger partial charge on any atom is 0.243 e. The number of carbonyl (C=O) groups is 2. The van der Waals surface area contributed by atoms with E-state index in [1.807, 2.05) is 12.1 Å². The lowest BCUT2D eigenvalue weighted by atomic mass is 10.1. The average Bonchev–Trinajstić information content (AvgIpc) is 3.12. The molecule has 2 amide bonds. The predicted octanol–water partition coefficient (Wildman–Crippen LogP) is 2.99. The van der Waals surface area contributed by atoms with Crippen LogP contribution in [0.1, 0.15) is 24.5 Å². The number of rotatable bonds is 9. The first kappa shape index (κ1) is 26.0. The van der Waals surface area contributed by atoms with E-state index < -0.39 is 11.1 Å². The van der Waals surface area contributed by atoms with Gasteiger partial charge in [0, 0.05) is 18.5 Å². The topological polar surface area (TPSA) is 116 Å². The van der Waals surface area contributed by atoms with Gasteiger partial charge in [0.15, 0.2) is 28.2 Å². The van der Waals surface area contributed by atoms with Crippen molar-refractivity contribution < 1.29 is 28.2 Å². The second kappa shape index (κ2) is 11.7. The van der Waals surface area contributed by atoms with E-state index in [-0.39, 0.29) is 35.7 Å². The van der Waals surface area contributed by atoms with Crippen molar-refractivity contribution in [2.24, 2.45) is 15.9 Å². The number of likely N-dealkylation sites (tertiary alicyclic amines) is 1. The Morgan fingerprint density at radius 1 is 1.06 bits per heavy atom. The Balaban J connectivity index is 1.61. The highest BCUT2D eigenvalue weighted by Gasteiger charge is 2.39. The van der Waals surface area contributed by atoms with Crippen molar-refractivity contribution in [3.8, 4) is 17.2 Å². The average molecular weight is 503 g/mol. The van der Waals surface area contributed by atoms with Crippen LogP contribution in [0, 0.1) is 5.82 Å². The summed E-state index contributed by atoms with van der Waals surface area (Å²) in [7, 11) is 4.48. The summed E-state index contributed by atoms with van der Waals surface area (Å²) in [6, 6.07) is 9.88. The molecular formula is C24H27FN4O5S. The zero-order chi connectivity index (χ0) is 25.5. The maximum absolute atomic E-state index is 13.9. The zero-order valence-electron chi connectivity index (χ0n) is 19.9. The molecule has 9 nitrogen and oxygen atoms in total. The fourth-order valence-corrected chi connectivity index (χ4v) is 4.33. The van der Waals surface area contributed by atoms with Gasteiger partial charge in [0.05, 0.1) is 27.0 Å². The number of ether oxygens (including phenoxy) is 3. The van der Waals surface area contributed by atoms with Crippen molar-refractivity contribution in [3.63, 3.8) is 0 Å². The van der Waals surface area contributed by atoms with Gasteiger partial charge in [-0.2, -0.15) is 5.10 Å². The number of hydrogen-bond donors (Lipinski definition) is 1. The molecule has 0 radical (unpaired) electrons. The van der Waals surface area contributed by atoms with Crippen molar-refractivity contribution in [3.05, 3.63) is 53.3 Å². The van der Waals surface area contributed by atoms with E-state index >= 15 is 0 Å². The number of methoxy groups -OCH3 is 3. The van der Waals surface area contributed by atoms with Crippen LogP contribution < -0.4 is 19.9 Å². The first-order chi connectivity index (χ1) is 16.8. The Morgan fingerprint density at radius 2 is 1.74 bits per heavy atom. The molecule has 35 heavy (non-hydrogen) atoms. The smallest absolute Gasteiger partial charge is 0.243 e. The van der Waals surface area contributed by atoms with Gasteiger partial charge < -0.3 is 19.9 Å². The van der Waals surface area contributed by atoms with E-state index in [1.165, 1.54) is 24.1 Å². The number of halogens is 1. The molecule has 0 unspecified atom stereocenters. The van der Waals surface area contributed by atoms with Gasteiger partial charge in [-0.25, -0.2) is 4.39 Å². The lowest BCUT2D eigenvalue weighted by molar-refractivity contribution is -0.138. The van der Waals surface area contributed by atoms with E-state index in [4.69, 9.17) is 19.9 Å². The van der Waals surface area contributed by atoms with Gasteiger partial charge in [0.1, 0.15) is 5.25 Å². The highest BCUT2D eigenvalue weighted by molar-refractivity contribution is 8.14. The minimum absolute atomic E-state index is 0.0258. The summed E-state index contributed by atoms with van der Waals surface area (Å²) in [6.07, 6.45) is 0.499. The standard InChI is InChI=1S/C24H27FN4O5S/c1-14(16-6-8-18(32-2)17(25)12-16)27-28-24(26)35-21-13-22(30)29(23(21)31)10-9-15-5-7-19(33-3)20(11-15)34-4/h5-8,11-12,21H,9-10,13H2,1-4H3,(H2,26,28)/b27-14-/t21-/m0/s1. The molecule has 11 heteroatoms. The zero-order valence-corrected chi connectivity index (χ0v) is 20.7. The van der Waals surface area contributed by atoms with Crippen molar-refractivity contribution in [1.29, 1.82) is 0 Å². The number of thioether (sulfide) groups is 1. The Bertz CT molecular complexity index is 1170. The van der Waals surface area contributed by atoms with Crippen molar-refractivity contribution in [2.45, 2.75) is 25.0 Å². The van der Waals surface area contributed by atoms with Crippen LogP contribution in [0.2, 0.25) is 0 Å². The molecule has 1 saturated heterocycles. The number of carbonyl (C=O) groups excluding carboxylic acids is 2. The summed E-state index contributed by atoms with van der Waals surface area (Å²) in [5.41, 5.74) is 7.78. The summed E-state index contributed by atoms with van der Waals surface area (Å²) in [5.74, 6) is 0.195. The van der Waals surface area contributed by atoms with Crippen molar-refractivity contribution in [2.75, 3.05) is 27.9 Å². The number of amidine groups is 1. The number of hydrogen-bond acceptors (Lipinski definition) is 8. The molecule has 0 bridgehead atoms. The Hall–Kier alpha value is -3.60. The minimum Gasteiger partial charge on any atom is -0.494 e. The van der Waals surface area contributed by atoms with E-state index in [1.54, 1.807) is 33.3 Å². The fourth-order valence-electron chi connectivity index (χ4n) is 3.50. The largest absolute Gasteiger partial charge is 0.494 e. The molecule has 2 aromatic rings. The third-order valence-electron chi connectivity index (χ3n) is 5.41. The molecular weight excluding hydrogens is 475 g/mol. The van der Waals surface area contributed by atoms with E-state index in [2.05, 4.69) is 10.2 Å². The molecule has 0 aliphatic carbocycles. The monoisotopic (exact) mass is 502 g/mol. The third kappa shape index (κ3) is 6.30. The molecule has 1 heterocycles. The van der Waals surface area contributed by atoms with Crippen LogP contribution in [0.4, 0.5) is 4.39 Å². The quantitative estimate of drug-likeness (QED) is 0.243. The SMILES string of the molecule is COc1ccc(/C(C)=N\N=C(N)S[C@H]2CC(=O)N(CCc3ccc(OC)c(OC)c3)C2=O)cc1F. The van der Waals surface area contributed by atoms with Crippen LogP contribution in [0.5, 0.6) is 17.2 Å². The first-order valence-corrected chi connectivity index (χ1v) is 11.6. The molecule has 1 aliphatic heterocycles. The summed E-state index contributed by atoms with van der Waals surface area (Å²) in [4.78, 5) is 26.5. The third-order valence-corrected chi connectivity index (χ3v) is 6.38. The molecule has 0 aromatic heterocycles. The van der Waals surface area contributed by atoms with E-state index in [0.29, 0.717) is 29.2 Å². The van der Waals surface area contributed by atoms with Crippen LogP contribution in [0.15, 0.2) is 46.6 Å². The van der Waals surface area contributed by atoms with Crippen LogP contribution in [-0.2, 0) is 16.0 Å². The molecule has 1 fully saturated rings. The second-order valence-electron chi connectivity index (χ2n) is 7.61. The summed E-state index contributed by atoms with van der Waals surface area (Å²) in [6.45, 7) is 1.89. The highest BCUT2D eigenvalue weighted by atomic mass is 32.2. The van der Waals surface area contributed by atoms with Crippen molar-refractivity contribution >= 4 is 34.5 Å². The molecule has 1 atom stereocenters. The van der Waals surface area contributed by atoms with Crippen LogP contribution in [0.3, 0.4) is 0 Å². The lowest BCUT2D eigenvalue weighted by Gasteiger charge is -2.15. The van der Waals surface area contributed by atoms with Gasteiger partial charge >= 0.3 is 0 Å². The Morgan fingerprint density at radius 3 is 2.40 bits per heavy atom. The van der Waals surface area contributed by atoms with E-state index in [9.17, 15) is 14.0 Å². The lowest BCUT2D eigenvalue weighted by Crippen LogP contribution is -2.33. The summed E-state index contributed by atoms with van der Waals surface area (Å²) < 4.78 is 29.3. The molecule has 0 saturated carbocycles. The van der Waals surface area contributed by atoms with Gasteiger partial charge in [-0.3, -0.25) is 14.5 Å². The molecule has 2 aromatic carbocycles. The summed E-state index contributed by atoms with van der Waals surface area (Å²) >= 11 is 0.980. The molecule has 0 spiro atoms. The molecule has 2 N–H and O–H groups in total. The fraction of sp³-hybridized carbons (Fsp3) is 0.333. The van der Waals surface area contributed by atoms with Gasteiger partial charge in [0.2, 0.25) is 11.8 Å². The van der Waals surface area contributed by atoms with E-state index in [0.717, 1.165) is 17.3 Å². The predicted molar refractivity (Wildman–Crippen MR) is 133 cm³/mol. The minimum atomic E-state index is -0.675. The van der Waals surface area contributed by atoms with Gasteiger partial charge in [-0.15, -0.1) is 5.10 Å². The summed E-state index contributed by atoms with van der Waals surface area (Å²) in [5, 5.41) is 7.31. The molecule has 186 valence electrons. The molecule has 1 aliphatic rings. The molecule has 3 rings (SSSR count). The van der Waals surface area contributed by atoms with Crippen LogP contribution in [0.25, 0.3) is 0 Å². The number of imide groups is 1. The first-order valence-electron chi connectivity index (χ1n) is 10.7. The Kier molecular flexibility index (Phi) is 8.69. The van der Waals surface area contributed by atoms with Crippen LogP contribution in [-0.4, -0.2) is 60.7 Å². The number of amides is 2. The van der Waals surface area contributed by atoms with Crippen LogP contribution >= 0.6 is 11.8 Å².